The molecular formula is C17H25N. The monoisotopic (exact) mass is 243 g/mol. The average Bonchev–Trinajstić information content (AvgIpc) is 2.34. The van der Waals surface area contributed by atoms with Crippen molar-refractivity contribution in [1.82, 2.24) is 4.90 Å². The fraction of sp³-hybridized carbons (Fsp3) is 0.529. The predicted molar refractivity (Wildman–Crippen MR) is 79.5 cm³/mol. The van der Waals surface area contributed by atoms with E-state index in [1.807, 2.05) is 18.2 Å². The van der Waals surface area contributed by atoms with Crippen LogP contribution in [0.25, 0.3) is 0 Å². The summed E-state index contributed by atoms with van der Waals surface area (Å²) in [6, 6.07) is 10.5. The molecule has 0 heterocycles. The minimum absolute atomic E-state index is 0.174. The Hall–Kier alpha value is -1.26. The third-order valence-corrected chi connectivity index (χ3v) is 3.12. The van der Waals surface area contributed by atoms with Crippen molar-refractivity contribution in [2.24, 2.45) is 5.41 Å². The van der Waals surface area contributed by atoms with Gasteiger partial charge >= 0.3 is 0 Å². The van der Waals surface area contributed by atoms with E-state index in [2.05, 4.69) is 63.5 Å². The molecule has 1 rings (SSSR count). The van der Waals surface area contributed by atoms with Crippen LogP contribution in [0.1, 0.15) is 40.2 Å². The molecule has 0 aliphatic carbocycles. The molecule has 18 heavy (non-hydrogen) atoms. The van der Waals surface area contributed by atoms with Crippen molar-refractivity contribution in [2.75, 3.05) is 13.1 Å². The molecular weight excluding hydrogens is 218 g/mol. The zero-order valence-corrected chi connectivity index (χ0v) is 12.3. The second-order valence-corrected chi connectivity index (χ2v) is 5.63. The molecule has 0 saturated carbocycles. The van der Waals surface area contributed by atoms with E-state index in [4.69, 9.17) is 0 Å². The van der Waals surface area contributed by atoms with Crippen LogP contribution in [-0.4, -0.2) is 24.0 Å². The third kappa shape index (κ3) is 4.20. The zero-order valence-electron chi connectivity index (χ0n) is 12.3. The van der Waals surface area contributed by atoms with E-state index < -0.39 is 0 Å². The first kappa shape index (κ1) is 14.8. The summed E-state index contributed by atoms with van der Waals surface area (Å²) in [4.78, 5) is 2.43. The Labute approximate surface area is 112 Å². The summed E-state index contributed by atoms with van der Waals surface area (Å²) in [6.45, 7) is 13.3. The van der Waals surface area contributed by atoms with Gasteiger partial charge in [-0.3, -0.25) is 4.90 Å². The Kier molecular flexibility index (Phi) is 5.44. The normalized spacial score (nSPS) is 13.0. The number of hydrogen-bond donors (Lipinski definition) is 0. The van der Waals surface area contributed by atoms with Gasteiger partial charge in [-0.2, -0.15) is 0 Å². The Morgan fingerprint density at radius 3 is 2.06 bits per heavy atom. The van der Waals surface area contributed by atoms with Gasteiger partial charge in [0.05, 0.1) is 6.04 Å². The summed E-state index contributed by atoms with van der Waals surface area (Å²) < 4.78 is 0. The highest BCUT2D eigenvalue weighted by Gasteiger charge is 2.26. The molecule has 1 aromatic rings. The van der Waals surface area contributed by atoms with Crippen molar-refractivity contribution in [2.45, 2.75) is 40.7 Å². The molecule has 98 valence electrons. The maximum absolute atomic E-state index is 3.45. The summed E-state index contributed by atoms with van der Waals surface area (Å²) >= 11 is 0. The zero-order chi connectivity index (χ0) is 13.6. The van der Waals surface area contributed by atoms with Gasteiger partial charge in [0.25, 0.3) is 0 Å². The lowest BCUT2D eigenvalue weighted by atomic mass is 9.85. The number of benzene rings is 1. The maximum atomic E-state index is 3.45. The van der Waals surface area contributed by atoms with Gasteiger partial charge in [0.15, 0.2) is 0 Å². The van der Waals surface area contributed by atoms with Crippen molar-refractivity contribution >= 4 is 0 Å². The molecule has 1 heteroatoms. The number of hydrogen-bond acceptors (Lipinski definition) is 1. The van der Waals surface area contributed by atoms with E-state index in [1.165, 1.54) is 0 Å². The van der Waals surface area contributed by atoms with Crippen molar-refractivity contribution < 1.29 is 0 Å². The maximum Gasteiger partial charge on any atom is 0.0767 e. The molecule has 1 atom stereocenters. The van der Waals surface area contributed by atoms with Crippen LogP contribution in [0.5, 0.6) is 0 Å². The highest BCUT2D eigenvalue weighted by Crippen LogP contribution is 2.23. The van der Waals surface area contributed by atoms with E-state index in [9.17, 15) is 0 Å². The first-order valence-corrected chi connectivity index (χ1v) is 6.79. The summed E-state index contributed by atoms with van der Waals surface area (Å²) in [7, 11) is 0. The van der Waals surface area contributed by atoms with Crippen LogP contribution in [0.15, 0.2) is 30.3 Å². The standard InChI is InChI=1S/C17H25N/c1-6-18(7-2)16(17(3,4)5)14-13-15-11-9-8-10-12-15/h8-12,16H,6-7H2,1-5H3. The molecule has 0 saturated heterocycles. The smallest absolute Gasteiger partial charge is 0.0767 e. The molecule has 1 aromatic carbocycles. The van der Waals surface area contributed by atoms with Gasteiger partial charge in [0.1, 0.15) is 0 Å². The Balaban J connectivity index is 2.96. The fourth-order valence-electron chi connectivity index (χ4n) is 2.12. The first-order valence-electron chi connectivity index (χ1n) is 6.79. The molecule has 0 aromatic heterocycles. The van der Waals surface area contributed by atoms with Gasteiger partial charge in [-0.1, -0.05) is 64.7 Å². The van der Waals surface area contributed by atoms with E-state index >= 15 is 0 Å². The quantitative estimate of drug-likeness (QED) is 0.730. The van der Waals surface area contributed by atoms with Crippen LogP contribution >= 0.6 is 0 Å². The van der Waals surface area contributed by atoms with E-state index in [0.717, 1.165) is 18.7 Å². The van der Waals surface area contributed by atoms with Crippen molar-refractivity contribution in [3.63, 3.8) is 0 Å². The topological polar surface area (TPSA) is 3.24 Å². The van der Waals surface area contributed by atoms with Crippen LogP contribution in [0.4, 0.5) is 0 Å². The first-order chi connectivity index (χ1) is 8.49. The molecule has 1 unspecified atom stereocenters. The molecule has 0 aliphatic rings. The van der Waals surface area contributed by atoms with Crippen LogP contribution in [-0.2, 0) is 0 Å². The molecule has 0 aliphatic heterocycles. The Morgan fingerprint density at radius 1 is 1.06 bits per heavy atom. The highest BCUT2D eigenvalue weighted by atomic mass is 15.1. The van der Waals surface area contributed by atoms with Gasteiger partial charge in [-0.25, -0.2) is 0 Å². The highest BCUT2D eigenvalue weighted by molar-refractivity contribution is 5.35. The van der Waals surface area contributed by atoms with Crippen molar-refractivity contribution in [1.29, 1.82) is 0 Å². The average molecular weight is 243 g/mol. The minimum atomic E-state index is 0.174. The van der Waals surface area contributed by atoms with Crippen molar-refractivity contribution in [3.05, 3.63) is 35.9 Å². The summed E-state index contributed by atoms with van der Waals surface area (Å²) in [6.07, 6.45) is 0. The van der Waals surface area contributed by atoms with Gasteiger partial charge in [0, 0.05) is 5.56 Å². The molecule has 1 nitrogen and oxygen atoms in total. The molecule has 0 spiro atoms. The lowest BCUT2D eigenvalue weighted by Crippen LogP contribution is -2.42. The van der Waals surface area contributed by atoms with Gasteiger partial charge < -0.3 is 0 Å². The van der Waals surface area contributed by atoms with Gasteiger partial charge in [-0.05, 0) is 30.6 Å². The SMILES string of the molecule is CCN(CC)C(C#Cc1ccccc1)C(C)(C)C. The van der Waals surface area contributed by atoms with E-state index in [-0.39, 0.29) is 5.41 Å². The van der Waals surface area contributed by atoms with Gasteiger partial charge in [-0.15, -0.1) is 0 Å². The molecule has 0 fully saturated rings. The van der Waals surface area contributed by atoms with Crippen LogP contribution < -0.4 is 0 Å². The summed E-state index contributed by atoms with van der Waals surface area (Å²) in [5.74, 6) is 6.76. The molecule has 0 radical (unpaired) electrons. The lowest BCUT2D eigenvalue weighted by molar-refractivity contribution is 0.155. The van der Waals surface area contributed by atoms with Crippen LogP contribution in [0, 0.1) is 17.3 Å². The van der Waals surface area contributed by atoms with E-state index in [0.29, 0.717) is 6.04 Å². The van der Waals surface area contributed by atoms with E-state index in [1.54, 1.807) is 0 Å². The molecule has 0 amide bonds. The predicted octanol–water partition coefficient (Wildman–Crippen LogP) is 3.79. The fourth-order valence-corrected chi connectivity index (χ4v) is 2.12. The largest absolute Gasteiger partial charge is 0.290 e. The molecule has 0 bridgehead atoms. The Bertz CT molecular complexity index is 399. The summed E-state index contributed by atoms with van der Waals surface area (Å²) in [5, 5.41) is 0. The lowest BCUT2D eigenvalue weighted by Gasteiger charge is -2.35. The van der Waals surface area contributed by atoms with Crippen LogP contribution in [0.2, 0.25) is 0 Å². The Morgan fingerprint density at radius 2 is 1.61 bits per heavy atom. The summed E-state index contributed by atoms with van der Waals surface area (Å²) in [5.41, 5.74) is 1.27. The second kappa shape index (κ2) is 6.61. The van der Waals surface area contributed by atoms with Crippen molar-refractivity contribution in [3.8, 4) is 11.8 Å². The second-order valence-electron chi connectivity index (χ2n) is 5.63. The third-order valence-electron chi connectivity index (χ3n) is 3.12. The number of rotatable bonds is 3. The number of nitrogens with zero attached hydrogens (tertiary/aromatic N) is 1. The molecule has 0 N–H and O–H groups in total. The van der Waals surface area contributed by atoms with Crippen LogP contribution in [0.3, 0.4) is 0 Å². The minimum Gasteiger partial charge on any atom is -0.290 e. The van der Waals surface area contributed by atoms with Gasteiger partial charge in [0.2, 0.25) is 0 Å².